The molecule has 2 aromatic carbocycles. The van der Waals surface area contributed by atoms with Gasteiger partial charge in [0, 0.05) is 16.7 Å². The van der Waals surface area contributed by atoms with Crippen LogP contribution < -0.4 is 5.43 Å². The molecule has 0 saturated heterocycles. The SMILES string of the molecule is O=C(N/N=C\c1ccccc1[N+](=O)[O-])c1cc(-c2ccc(Cl)cc2)n[nH]1. The van der Waals surface area contributed by atoms with E-state index in [1.54, 1.807) is 42.5 Å². The molecule has 0 aliphatic carbocycles. The molecule has 3 aromatic rings. The highest BCUT2D eigenvalue weighted by Crippen LogP contribution is 2.20. The number of amides is 1. The van der Waals surface area contributed by atoms with E-state index in [1.165, 1.54) is 18.3 Å². The average molecular weight is 370 g/mol. The van der Waals surface area contributed by atoms with Gasteiger partial charge in [0.05, 0.1) is 22.4 Å². The first-order valence-electron chi connectivity index (χ1n) is 7.43. The molecule has 8 nitrogen and oxygen atoms in total. The number of nitrogens with one attached hydrogen (secondary N) is 2. The van der Waals surface area contributed by atoms with Crippen molar-refractivity contribution in [2.45, 2.75) is 0 Å². The van der Waals surface area contributed by atoms with Gasteiger partial charge >= 0.3 is 0 Å². The molecular formula is C17H12ClN5O3. The molecule has 0 fully saturated rings. The van der Waals surface area contributed by atoms with Gasteiger partial charge in [-0.3, -0.25) is 20.0 Å². The number of nitro groups is 1. The smallest absolute Gasteiger partial charge is 0.272 e. The summed E-state index contributed by atoms with van der Waals surface area (Å²) in [5.41, 5.74) is 4.07. The van der Waals surface area contributed by atoms with Crippen LogP contribution in [0, 0.1) is 10.1 Å². The first-order valence-corrected chi connectivity index (χ1v) is 7.80. The number of hydrazone groups is 1. The zero-order chi connectivity index (χ0) is 18.5. The molecule has 26 heavy (non-hydrogen) atoms. The average Bonchev–Trinajstić information content (AvgIpc) is 3.13. The van der Waals surface area contributed by atoms with E-state index in [-0.39, 0.29) is 16.9 Å². The molecule has 0 saturated carbocycles. The molecule has 0 aliphatic rings. The second-order valence-corrected chi connectivity index (χ2v) is 5.63. The summed E-state index contributed by atoms with van der Waals surface area (Å²) < 4.78 is 0. The maximum Gasteiger partial charge on any atom is 0.289 e. The van der Waals surface area contributed by atoms with Crippen LogP contribution >= 0.6 is 11.6 Å². The Labute approximate surface area is 152 Å². The standard InChI is InChI=1S/C17H12ClN5O3/c18-13-7-5-11(6-8-13)14-9-15(21-20-14)17(24)22-19-10-12-3-1-2-4-16(12)23(25)26/h1-10H,(H,20,21)(H,22,24)/b19-10-. The quantitative estimate of drug-likeness (QED) is 0.407. The summed E-state index contributed by atoms with van der Waals surface area (Å²) in [5.74, 6) is -0.521. The van der Waals surface area contributed by atoms with Crippen molar-refractivity contribution in [3.63, 3.8) is 0 Å². The van der Waals surface area contributed by atoms with Gasteiger partial charge in [-0.2, -0.15) is 10.2 Å². The normalized spacial score (nSPS) is 10.8. The van der Waals surface area contributed by atoms with Crippen molar-refractivity contribution in [1.82, 2.24) is 15.6 Å². The van der Waals surface area contributed by atoms with Crippen molar-refractivity contribution < 1.29 is 9.72 Å². The Bertz CT molecular complexity index is 982. The van der Waals surface area contributed by atoms with Gasteiger partial charge in [-0.05, 0) is 24.3 Å². The number of nitro benzene ring substituents is 1. The topological polar surface area (TPSA) is 113 Å². The Morgan fingerprint density at radius 2 is 1.96 bits per heavy atom. The summed E-state index contributed by atoms with van der Waals surface area (Å²) in [5, 5.41) is 22.0. The number of aromatic nitrogens is 2. The third-order valence-electron chi connectivity index (χ3n) is 3.47. The van der Waals surface area contributed by atoms with Crippen LogP contribution in [0.5, 0.6) is 0 Å². The number of rotatable bonds is 5. The van der Waals surface area contributed by atoms with Gasteiger partial charge in [0.2, 0.25) is 0 Å². The number of nitrogens with zero attached hydrogens (tertiary/aromatic N) is 3. The van der Waals surface area contributed by atoms with E-state index in [2.05, 4.69) is 20.7 Å². The molecule has 0 unspecified atom stereocenters. The Balaban J connectivity index is 1.70. The molecule has 130 valence electrons. The summed E-state index contributed by atoms with van der Waals surface area (Å²) in [6, 6.07) is 14.7. The zero-order valence-corrected chi connectivity index (χ0v) is 14.0. The Morgan fingerprint density at radius 1 is 1.23 bits per heavy atom. The maximum atomic E-state index is 12.1. The number of carbonyl (C=O) groups is 1. The minimum absolute atomic E-state index is 0.0999. The van der Waals surface area contributed by atoms with Gasteiger partial charge in [-0.1, -0.05) is 35.9 Å². The fourth-order valence-electron chi connectivity index (χ4n) is 2.19. The second kappa shape index (κ2) is 7.58. The van der Waals surface area contributed by atoms with Crippen LogP contribution in [0.25, 0.3) is 11.3 Å². The van der Waals surface area contributed by atoms with Gasteiger partial charge in [-0.25, -0.2) is 5.43 Å². The van der Waals surface area contributed by atoms with Gasteiger partial charge < -0.3 is 0 Å². The van der Waals surface area contributed by atoms with Crippen LogP contribution in [0.2, 0.25) is 5.02 Å². The predicted octanol–water partition coefficient (Wildman–Crippen LogP) is 3.40. The lowest BCUT2D eigenvalue weighted by Crippen LogP contribution is -2.18. The van der Waals surface area contributed by atoms with Gasteiger partial charge in [0.25, 0.3) is 11.6 Å². The number of aromatic amines is 1. The first kappa shape index (κ1) is 17.3. The molecule has 1 amide bonds. The lowest BCUT2D eigenvalue weighted by molar-refractivity contribution is -0.385. The third kappa shape index (κ3) is 3.93. The van der Waals surface area contributed by atoms with Crippen LogP contribution in [0.3, 0.4) is 0 Å². The van der Waals surface area contributed by atoms with Crippen LogP contribution in [0.15, 0.2) is 59.7 Å². The molecule has 0 bridgehead atoms. The summed E-state index contributed by atoms with van der Waals surface area (Å²) in [4.78, 5) is 22.5. The fraction of sp³-hybridized carbons (Fsp3) is 0. The molecule has 0 spiro atoms. The van der Waals surface area contributed by atoms with Crippen molar-refractivity contribution >= 4 is 29.4 Å². The van der Waals surface area contributed by atoms with E-state index >= 15 is 0 Å². The molecular weight excluding hydrogens is 358 g/mol. The Morgan fingerprint density at radius 3 is 2.69 bits per heavy atom. The summed E-state index contributed by atoms with van der Waals surface area (Å²) in [6.07, 6.45) is 1.21. The van der Waals surface area contributed by atoms with Crippen molar-refractivity contribution in [2.24, 2.45) is 5.10 Å². The largest absolute Gasteiger partial charge is 0.289 e. The zero-order valence-electron chi connectivity index (χ0n) is 13.2. The van der Waals surface area contributed by atoms with Crippen molar-refractivity contribution in [3.8, 4) is 11.3 Å². The highest BCUT2D eigenvalue weighted by molar-refractivity contribution is 6.30. The van der Waals surface area contributed by atoms with Crippen molar-refractivity contribution in [3.05, 3.63) is 81.0 Å². The number of hydrogen-bond acceptors (Lipinski definition) is 5. The molecule has 9 heteroatoms. The highest BCUT2D eigenvalue weighted by Gasteiger charge is 2.12. The lowest BCUT2D eigenvalue weighted by atomic mass is 10.1. The predicted molar refractivity (Wildman–Crippen MR) is 97.2 cm³/mol. The van der Waals surface area contributed by atoms with Crippen LogP contribution in [-0.4, -0.2) is 27.2 Å². The number of hydrogen-bond donors (Lipinski definition) is 2. The maximum absolute atomic E-state index is 12.1. The monoisotopic (exact) mass is 369 g/mol. The summed E-state index contributed by atoms with van der Waals surface area (Å²) in [6.45, 7) is 0. The number of para-hydroxylation sites is 1. The van der Waals surface area contributed by atoms with E-state index in [9.17, 15) is 14.9 Å². The van der Waals surface area contributed by atoms with E-state index in [0.29, 0.717) is 10.7 Å². The van der Waals surface area contributed by atoms with Crippen LogP contribution in [0.1, 0.15) is 16.1 Å². The van der Waals surface area contributed by atoms with Gasteiger partial charge in [-0.15, -0.1) is 0 Å². The molecule has 3 rings (SSSR count). The van der Waals surface area contributed by atoms with Crippen LogP contribution in [-0.2, 0) is 0 Å². The lowest BCUT2D eigenvalue weighted by Gasteiger charge is -1.97. The van der Waals surface area contributed by atoms with Crippen LogP contribution in [0.4, 0.5) is 5.69 Å². The minimum Gasteiger partial charge on any atom is -0.272 e. The van der Waals surface area contributed by atoms with Gasteiger partial charge in [0.1, 0.15) is 5.69 Å². The number of benzene rings is 2. The second-order valence-electron chi connectivity index (χ2n) is 5.19. The van der Waals surface area contributed by atoms with E-state index in [4.69, 9.17) is 11.6 Å². The first-order chi connectivity index (χ1) is 12.5. The Hall–Kier alpha value is -3.52. The molecule has 0 radical (unpaired) electrons. The molecule has 0 atom stereocenters. The molecule has 0 aliphatic heterocycles. The number of H-pyrrole nitrogens is 1. The Kier molecular flexibility index (Phi) is 5.04. The van der Waals surface area contributed by atoms with E-state index in [1.807, 2.05) is 0 Å². The van der Waals surface area contributed by atoms with E-state index in [0.717, 1.165) is 5.56 Å². The third-order valence-corrected chi connectivity index (χ3v) is 3.72. The number of carbonyl (C=O) groups excluding carboxylic acids is 1. The molecule has 1 heterocycles. The minimum atomic E-state index is -0.521. The molecule has 1 aromatic heterocycles. The summed E-state index contributed by atoms with van der Waals surface area (Å²) in [7, 11) is 0. The fourth-order valence-corrected chi connectivity index (χ4v) is 2.32. The van der Waals surface area contributed by atoms with Crippen molar-refractivity contribution in [2.75, 3.05) is 0 Å². The number of halogens is 1. The van der Waals surface area contributed by atoms with Gasteiger partial charge in [0.15, 0.2) is 0 Å². The summed E-state index contributed by atoms with van der Waals surface area (Å²) >= 11 is 5.84. The van der Waals surface area contributed by atoms with Crippen molar-refractivity contribution in [1.29, 1.82) is 0 Å². The highest BCUT2D eigenvalue weighted by atomic mass is 35.5. The van der Waals surface area contributed by atoms with E-state index < -0.39 is 10.8 Å². The molecule has 2 N–H and O–H groups in total.